The molecule has 1 aromatic heterocycles. The lowest BCUT2D eigenvalue weighted by Gasteiger charge is -2.05. The molecule has 0 atom stereocenters. The highest BCUT2D eigenvalue weighted by atomic mass is 35.5. The highest BCUT2D eigenvalue weighted by Gasteiger charge is 2.16. The summed E-state index contributed by atoms with van der Waals surface area (Å²) in [7, 11) is 0. The van der Waals surface area contributed by atoms with Gasteiger partial charge < -0.3 is 0 Å². The number of hydrogen-bond donors (Lipinski definition) is 0. The van der Waals surface area contributed by atoms with Crippen LogP contribution in [0.25, 0.3) is 16.9 Å². The third-order valence-electron chi connectivity index (χ3n) is 2.95. The lowest BCUT2D eigenvalue weighted by atomic mass is 10.2. The minimum absolute atomic E-state index is 0.0961. The zero-order valence-corrected chi connectivity index (χ0v) is 11.3. The van der Waals surface area contributed by atoms with Crippen molar-refractivity contribution in [2.24, 2.45) is 0 Å². The van der Waals surface area contributed by atoms with Crippen molar-refractivity contribution in [1.29, 1.82) is 0 Å². The molecule has 2 nitrogen and oxygen atoms in total. The lowest BCUT2D eigenvalue weighted by Crippen LogP contribution is -2.02. The Hall–Kier alpha value is -2.27. The number of nitrogens with zero attached hydrogens (tertiary/aromatic N) is 2. The van der Waals surface area contributed by atoms with E-state index in [9.17, 15) is 13.2 Å². The van der Waals surface area contributed by atoms with Gasteiger partial charge in [0.2, 0.25) is 0 Å². The molecule has 0 unspecified atom stereocenters. The van der Waals surface area contributed by atoms with E-state index in [1.807, 2.05) is 30.3 Å². The third kappa shape index (κ3) is 2.52. The first kappa shape index (κ1) is 13.7. The predicted molar refractivity (Wildman–Crippen MR) is 73.9 cm³/mol. The molecule has 0 aliphatic heterocycles. The van der Waals surface area contributed by atoms with Crippen LogP contribution in [0.3, 0.4) is 0 Å². The van der Waals surface area contributed by atoms with E-state index in [1.54, 1.807) is 0 Å². The maximum atomic E-state index is 13.8. The molecular formula is C15H8ClF3N2. The van der Waals surface area contributed by atoms with Gasteiger partial charge in [-0.25, -0.2) is 17.9 Å². The molecular weight excluding hydrogens is 301 g/mol. The monoisotopic (exact) mass is 308 g/mol. The Morgan fingerprint density at radius 2 is 1.52 bits per heavy atom. The van der Waals surface area contributed by atoms with E-state index in [1.165, 1.54) is 6.07 Å². The van der Waals surface area contributed by atoms with Crippen molar-refractivity contribution in [3.63, 3.8) is 0 Å². The number of rotatable bonds is 2. The first-order valence-electron chi connectivity index (χ1n) is 6.02. The Morgan fingerprint density at radius 3 is 2.24 bits per heavy atom. The SMILES string of the molecule is Fc1cc(F)c(-n2nc(-c3ccccc3)cc2Cl)cc1F. The van der Waals surface area contributed by atoms with E-state index < -0.39 is 17.5 Å². The average molecular weight is 309 g/mol. The van der Waals surface area contributed by atoms with Crippen LogP contribution in [0.5, 0.6) is 0 Å². The Morgan fingerprint density at radius 1 is 0.857 bits per heavy atom. The van der Waals surface area contributed by atoms with Crippen LogP contribution in [0.1, 0.15) is 0 Å². The molecule has 3 aromatic rings. The zero-order valence-electron chi connectivity index (χ0n) is 10.5. The summed E-state index contributed by atoms with van der Waals surface area (Å²) in [5, 5.41) is 4.23. The highest BCUT2D eigenvalue weighted by molar-refractivity contribution is 6.30. The van der Waals surface area contributed by atoms with Crippen molar-refractivity contribution in [2.45, 2.75) is 0 Å². The summed E-state index contributed by atoms with van der Waals surface area (Å²) in [5.74, 6) is -3.37. The van der Waals surface area contributed by atoms with Gasteiger partial charge in [-0.1, -0.05) is 41.9 Å². The number of halogens is 4. The van der Waals surface area contributed by atoms with Crippen LogP contribution in [-0.4, -0.2) is 9.78 Å². The topological polar surface area (TPSA) is 17.8 Å². The van der Waals surface area contributed by atoms with Gasteiger partial charge in [0.25, 0.3) is 0 Å². The average Bonchev–Trinajstić information content (AvgIpc) is 2.86. The molecule has 3 rings (SSSR count). The minimum Gasteiger partial charge on any atom is -0.219 e. The molecule has 0 saturated heterocycles. The van der Waals surface area contributed by atoms with Crippen LogP contribution in [-0.2, 0) is 0 Å². The van der Waals surface area contributed by atoms with Crippen molar-refractivity contribution in [1.82, 2.24) is 9.78 Å². The Balaban J connectivity index is 2.13. The summed E-state index contributed by atoms with van der Waals surface area (Å²) in [5.41, 5.74) is 1.03. The van der Waals surface area contributed by atoms with Crippen molar-refractivity contribution >= 4 is 11.6 Å². The smallest absolute Gasteiger partial charge is 0.161 e. The molecule has 0 saturated carbocycles. The molecule has 0 radical (unpaired) electrons. The van der Waals surface area contributed by atoms with E-state index in [0.717, 1.165) is 16.3 Å². The molecule has 2 aromatic carbocycles. The van der Waals surface area contributed by atoms with Gasteiger partial charge in [0, 0.05) is 23.8 Å². The fraction of sp³-hybridized carbons (Fsp3) is 0. The van der Waals surface area contributed by atoms with E-state index in [4.69, 9.17) is 11.6 Å². The van der Waals surface area contributed by atoms with Gasteiger partial charge in [-0.3, -0.25) is 0 Å². The van der Waals surface area contributed by atoms with Crippen LogP contribution in [0.15, 0.2) is 48.5 Å². The lowest BCUT2D eigenvalue weighted by molar-refractivity contribution is 0.491. The van der Waals surface area contributed by atoms with Crippen LogP contribution < -0.4 is 0 Å². The molecule has 0 aliphatic carbocycles. The third-order valence-corrected chi connectivity index (χ3v) is 3.22. The summed E-state index contributed by atoms with van der Waals surface area (Å²) in [6, 6.07) is 11.8. The van der Waals surface area contributed by atoms with Crippen LogP contribution >= 0.6 is 11.6 Å². The van der Waals surface area contributed by atoms with Gasteiger partial charge in [-0.2, -0.15) is 5.10 Å². The van der Waals surface area contributed by atoms with E-state index >= 15 is 0 Å². The maximum absolute atomic E-state index is 13.8. The Labute approximate surface area is 123 Å². The largest absolute Gasteiger partial charge is 0.219 e. The summed E-state index contributed by atoms with van der Waals surface area (Å²) in [4.78, 5) is 0. The van der Waals surface area contributed by atoms with Gasteiger partial charge in [-0.15, -0.1) is 0 Å². The molecule has 0 bridgehead atoms. The van der Waals surface area contributed by atoms with Gasteiger partial charge >= 0.3 is 0 Å². The van der Waals surface area contributed by atoms with Crippen molar-refractivity contribution in [2.75, 3.05) is 0 Å². The van der Waals surface area contributed by atoms with Crippen LogP contribution in [0.4, 0.5) is 13.2 Å². The highest BCUT2D eigenvalue weighted by Crippen LogP contribution is 2.26. The minimum atomic E-state index is -1.26. The normalized spacial score (nSPS) is 10.9. The number of benzene rings is 2. The summed E-state index contributed by atoms with van der Waals surface area (Å²) >= 11 is 6.01. The Bertz CT molecular complexity index is 800. The number of hydrogen-bond acceptors (Lipinski definition) is 1. The fourth-order valence-electron chi connectivity index (χ4n) is 1.95. The van der Waals surface area contributed by atoms with Gasteiger partial charge in [-0.05, 0) is 0 Å². The standard InChI is InChI=1S/C15H8ClF3N2/c16-15-8-13(9-4-2-1-3-5-9)20-21(15)14-7-11(18)10(17)6-12(14)19/h1-8H. The molecule has 1 heterocycles. The number of aromatic nitrogens is 2. The maximum Gasteiger partial charge on any atom is 0.161 e. The van der Waals surface area contributed by atoms with Gasteiger partial charge in [0.1, 0.15) is 10.8 Å². The van der Waals surface area contributed by atoms with E-state index in [2.05, 4.69) is 5.10 Å². The molecule has 0 spiro atoms. The van der Waals surface area contributed by atoms with Crippen molar-refractivity contribution in [3.8, 4) is 16.9 Å². The fourth-order valence-corrected chi connectivity index (χ4v) is 2.18. The van der Waals surface area contributed by atoms with E-state index in [-0.39, 0.29) is 10.8 Å². The first-order valence-corrected chi connectivity index (χ1v) is 6.40. The molecule has 0 aliphatic rings. The van der Waals surface area contributed by atoms with E-state index in [0.29, 0.717) is 11.8 Å². The molecule has 0 amide bonds. The molecule has 6 heteroatoms. The summed E-state index contributed by atoms with van der Waals surface area (Å²) in [6.45, 7) is 0. The molecule has 106 valence electrons. The van der Waals surface area contributed by atoms with Crippen molar-refractivity contribution < 1.29 is 13.2 Å². The molecule has 0 fully saturated rings. The van der Waals surface area contributed by atoms with Gasteiger partial charge in [0.15, 0.2) is 17.5 Å². The Kier molecular flexibility index (Phi) is 3.43. The van der Waals surface area contributed by atoms with Gasteiger partial charge in [0.05, 0.1) is 5.69 Å². The zero-order chi connectivity index (χ0) is 15.0. The predicted octanol–water partition coefficient (Wildman–Crippen LogP) is 4.61. The molecule has 0 N–H and O–H groups in total. The summed E-state index contributed by atoms with van der Waals surface area (Å²) in [6.07, 6.45) is 0. The second-order valence-electron chi connectivity index (χ2n) is 4.35. The van der Waals surface area contributed by atoms with Crippen LogP contribution in [0, 0.1) is 17.5 Å². The second kappa shape index (κ2) is 5.26. The van der Waals surface area contributed by atoms with Crippen molar-refractivity contribution in [3.05, 3.63) is 71.1 Å². The summed E-state index contributed by atoms with van der Waals surface area (Å²) < 4.78 is 41.1. The second-order valence-corrected chi connectivity index (χ2v) is 4.74. The van der Waals surface area contributed by atoms with Crippen LogP contribution in [0.2, 0.25) is 5.15 Å². The first-order chi connectivity index (χ1) is 10.1. The molecule has 21 heavy (non-hydrogen) atoms. The quantitative estimate of drug-likeness (QED) is 0.632.